The fourth-order valence-electron chi connectivity index (χ4n) is 3.49. The van der Waals surface area contributed by atoms with E-state index >= 15 is 0 Å². The van der Waals surface area contributed by atoms with Gasteiger partial charge < -0.3 is 5.11 Å². The highest BCUT2D eigenvalue weighted by atomic mass is 32.2. The molecule has 0 saturated heterocycles. The topological polar surface area (TPSA) is 66.7 Å². The van der Waals surface area contributed by atoms with E-state index in [1.807, 2.05) is 27.7 Å². The Morgan fingerprint density at radius 1 is 1.06 bits per heavy atom. The number of benzene rings is 2. The molecule has 2 rings (SSSR count). The van der Waals surface area contributed by atoms with E-state index in [1.54, 1.807) is 0 Å². The van der Waals surface area contributed by atoms with Crippen LogP contribution < -0.4 is 0 Å². The molecule has 0 aliphatic rings. The molecule has 32 heavy (non-hydrogen) atoms. The van der Waals surface area contributed by atoms with Gasteiger partial charge in [-0.05, 0) is 72.2 Å². The van der Waals surface area contributed by atoms with E-state index < -0.39 is 34.3 Å². The van der Waals surface area contributed by atoms with E-state index in [9.17, 15) is 27.3 Å². The summed E-state index contributed by atoms with van der Waals surface area (Å²) in [7, 11) is -2.70. The molecule has 0 bridgehead atoms. The van der Waals surface area contributed by atoms with E-state index in [0.717, 1.165) is 6.07 Å². The number of carbonyl (C=O) groups excluding carboxylic acids is 1. The van der Waals surface area contributed by atoms with Crippen molar-refractivity contribution in [1.82, 2.24) is 0 Å². The predicted octanol–water partition coefficient (Wildman–Crippen LogP) is 6.03. The highest BCUT2D eigenvalue weighted by Gasteiger charge is 2.22. The zero-order valence-corrected chi connectivity index (χ0v) is 20.0. The summed E-state index contributed by atoms with van der Waals surface area (Å²) >= 11 is 0. The number of carbonyl (C=O) groups is 1. The number of rotatable bonds is 7. The Labute approximate surface area is 189 Å². The van der Waals surface area contributed by atoms with Gasteiger partial charge >= 0.3 is 0 Å². The van der Waals surface area contributed by atoms with E-state index in [-0.39, 0.29) is 28.7 Å². The molecular weight excluding hydrogens is 439 g/mol. The fourth-order valence-corrected chi connectivity index (χ4v) is 4.32. The van der Waals surface area contributed by atoms with Crippen molar-refractivity contribution in [1.29, 1.82) is 0 Å². The minimum atomic E-state index is -2.70. The maximum atomic E-state index is 14.4. The van der Waals surface area contributed by atoms with Gasteiger partial charge in [-0.3, -0.25) is 4.79 Å². The van der Waals surface area contributed by atoms with Crippen LogP contribution in [0.1, 0.15) is 87.6 Å². The Kier molecular flexibility index (Phi) is 8.28. The highest BCUT2D eigenvalue weighted by Crippen LogP contribution is 2.33. The summed E-state index contributed by atoms with van der Waals surface area (Å²) < 4.78 is 57.4. The predicted molar refractivity (Wildman–Crippen MR) is 120 cm³/mol. The van der Waals surface area contributed by atoms with Gasteiger partial charge in [-0.2, -0.15) is 4.36 Å². The Bertz CT molecular complexity index is 1050. The van der Waals surface area contributed by atoms with E-state index in [4.69, 9.17) is 0 Å². The van der Waals surface area contributed by atoms with Crippen molar-refractivity contribution >= 4 is 16.5 Å². The first kappa shape index (κ1) is 26.1. The summed E-state index contributed by atoms with van der Waals surface area (Å²) in [6.45, 7) is 10.4. The number of thiol groups is 1. The number of nitrogens with zero attached hydrogens (tertiary/aromatic N) is 1. The molecular formula is C24H30F3NO3S. The van der Waals surface area contributed by atoms with Crippen LogP contribution in [0.25, 0.3) is 0 Å². The molecule has 8 heteroatoms. The minimum absolute atomic E-state index is 0.106. The van der Waals surface area contributed by atoms with Crippen LogP contribution in [-0.4, -0.2) is 15.2 Å². The standard InChI is InChI=1S/C24H30F3NO3S/c1-13(2)17-9-15(23(26)27)10-18(14(3)4)19(17)12-22(29)28-32(31)21-8-7-16(11-20(21)25)24(5,6)30/h7-11,13-14,23,30,32H,12H2,1-6H3. The second kappa shape index (κ2) is 10.2. The molecule has 1 amide bonds. The highest BCUT2D eigenvalue weighted by molar-refractivity contribution is 7.75. The van der Waals surface area contributed by atoms with E-state index in [0.29, 0.717) is 22.3 Å². The lowest BCUT2D eigenvalue weighted by molar-refractivity contribution is -0.117. The molecule has 176 valence electrons. The third kappa shape index (κ3) is 6.19. The van der Waals surface area contributed by atoms with E-state index in [1.165, 1.54) is 38.1 Å². The van der Waals surface area contributed by atoms with Crippen molar-refractivity contribution in [2.75, 3.05) is 0 Å². The van der Waals surface area contributed by atoms with Gasteiger partial charge in [0, 0.05) is 5.56 Å². The number of halogens is 3. The normalized spacial score (nSPS) is 13.4. The van der Waals surface area contributed by atoms with Crippen LogP contribution >= 0.6 is 0 Å². The van der Waals surface area contributed by atoms with Crippen LogP contribution in [0.2, 0.25) is 0 Å². The number of aliphatic hydroxyl groups is 1. The molecule has 2 aromatic rings. The van der Waals surface area contributed by atoms with Gasteiger partial charge in [-0.25, -0.2) is 17.4 Å². The molecule has 0 fully saturated rings. The third-order valence-corrected chi connectivity index (χ3v) is 6.41. The van der Waals surface area contributed by atoms with Gasteiger partial charge in [0.1, 0.15) is 5.82 Å². The Morgan fingerprint density at radius 3 is 2.00 bits per heavy atom. The average molecular weight is 470 g/mol. The van der Waals surface area contributed by atoms with Crippen LogP contribution in [-0.2, 0) is 27.4 Å². The molecule has 0 aliphatic carbocycles. The van der Waals surface area contributed by atoms with Crippen LogP contribution in [0.4, 0.5) is 13.2 Å². The van der Waals surface area contributed by atoms with Crippen molar-refractivity contribution in [3.8, 4) is 0 Å². The largest absolute Gasteiger partial charge is 0.386 e. The van der Waals surface area contributed by atoms with Crippen molar-refractivity contribution in [3.05, 3.63) is 64.0 Å². The molecule has 0 aliphatic heterocycles. The minimum Gasteiger partial charge on any atom is -0.386 e. The smallest absolute Gasteiger partial charge is 0.263 e. The number of hydrogen-bond acceptors (Lipinski definition) is 3. The van der Waals surface area contributed by atoms with Crippen LogP contribution in [0.15, 0.2) is 39.6 Å². The van der Waals surface area contributed by atoms with Gasteiger partial charge in [-0.15, -0.1) is 0 Å². The lowest BCUT2D eigenvalue weighted by Gasteiger charge is -2.21. The SMILES string of the molecule is CC(C)c1cc(C(F)F)cc(C(C)C)c1CC(=O)N=[SH](=O)c1ccc(C(C)(C)O)cc1F. The summed E-state index contributed by atoms with van der Waals surface area (Å²) in [5.74, 6) is -1.77. The first-order chi connectivity index (χ1) is 14.7. The first-order valence-electron chi connectivity index (χ1n) is 10.4. The van der Waals surface area contributed by atoms with Crippen molar-refractivity contribution in [3.63, 3.8) is 0 Å². The number of hydrogen-bond donors (Lipinski definition) is 2. The third-order valence-electron chi connectivity index (χ3n) is 5.23. The van der Waals surface area contributed by atoms with Gasteiger partial charge in [0.25, 0.3) is 12.3 Å². The molecule has 1 unspecified atom stereocenters. The summed E-state index contributed by atoms with van der Waals surface area (Å²) in [5, 5.41) is 9.98. The van der Waals surface area contributed by atoms with Gasteiger partial charge in [0.2, 0.25) is 0 Å². The molecule has 1 atom stereocenters. The van der Waals surface area contributed by atoms with Gasteiger partial charge in [0.05, 0.1) is 27.5 Å². The summed E-state index contributed by atoms with van der Waals surface area (Å²) in [4.78, 5) is 12.4. The lowest BCUT2D eigenvalue weighted by Crippen LogP contribution is -2.15. The van der Waals surface area contributed by atoms with Crippen molar-refractivity contribution in [2.45, 2.75) is 76.7 Å². The van der Waals surface area contributed by atoms with Crippen LogP contribution in [0, 0.1) is 5.82 Å². The molecule has 0 aromatic heterocycles. The average Bonchev–Trinajstić information content (AvgIpc) is 2.66. The monoisotopic (exact) mass is 469 g/mol. The molecule has 2 aromatic carbocycles. The maximum Gasteiger partial charge on any atom is 0.263 e. The van der Waals surface area contributed by atoms with Crippen LogP contribution in [0.5, 0.6) is 0 Å². The van der Waals surface area contributed by atoms with E-state index in [2.05, 4.69) is 4.36 Å². The Hall–Kier alpha value is -2.19. The van der Waals surface area contributed by atoms with Gasteiger partial charge in [0.15, 0.2) is 0 Å². The van der Waals surface area contributed by atoms with Crippen molar-refractivity contribution < 1.29 is 27.3 Å². The first-order valence-corrected chi connectivity index (χ1v) is 11.6. The molecule has 0 saturated carbocycles. The molecule has 0 heterocycles. The maximum absolute atomic E-state index is 14.4. The van der Waals surface area contributed by atoms with Crippen molar-refractivity contribution in [2.24, 2.45) is 4.36 Å². The summed E-state index contributed by atoms with van der Waals surface area (Å²) in [6, 6.07) is 6.55. The Balaban J connectivity index is 2.44. The quantitative estimate of drug-likeness (QED) is 0.487. The number of alkyl halides is 2. The molecule has 1 N–H and O–H groups in total. The molecule has 0 radical (unpaired) electrons. The lowest BCUT2D eigenvalue weighted by atomic mass is 9.85. The fraction of sp³-hybridized carbons (Fsp3) is 0.458. The zero-order valence-electron chi connectivity index (χ0n) is 19.1. The zero-order chi connectivity index (χ0) is 24.4. The molecule has 0 spiro atoms. The second-order valence-corrected chi connectivity index (χ2v) is 10.2. The van der Waals surface area contributed by atoms with Gasteiger partial charge in [-0.1, -0.05) is 33.8 Å². The Morgan fingerprint density at radius 2 is 1.59 bits per heavy atom. The van der Waals surface area contributed by atoms with Crippen LogP contribution in [0.3, 0.4) is 0 Å². The molecule has 4 nitrogen and oxygen atoms in total. The summed E-state index contributed by atoms with van der Waals surface area (Å²) in [5.41, 5.74) is 0.746. The number of amides is 1. The second-order valence-electron chi connectivity index (χ2n) is 8.96. The summed E-state index contributed by atoms with van der Waals surface area (Å²) in [6.07, 6.45) is -2.85.